The van der Waals surface area contributed by atoms with E-state index >= 15 is 0 Å². The van der Waals surface area contributed by atoms with E-state index in [1.54, 1.807) is 25.1 Å². The molecule has 0 saturated carbocycles. The van der Waals surface area contributed by atoms with Crippen LogP contribution in [-0.4, -0.2) is 18.4 Å². The second-order valence-electron chi connectivity index (χ2n) is 4.24. The molecule has 0 spiro atoms. The minimum absolute atomic E-state index is 0.0200. The molecule has 1 aromatic carbocycles. The van der Waals surface area contributed by atoms with Crippen LogP contribution in [0.4, 0.5) is 0 Å². The summed E-state index contributed by atoms with van der Waals surface area (Å²) in [5.74, 6) is 0.921. The average Bonchev–Trinajstić information content (AvgIpc) is 2.73. The first-order valence-electron chi connectivity index (χ1n) is 5.51. The van der Waals surface area contributed by atoms with Crippen molar-refractivity contribution in [3.63, 3.8) is 0 Å². The third kappa shape index (κ3) is 2.46. The zero-order valence-corrected chi connectivity index (χ0v) is 9.86. The molecule has 90 valence electrons. The molecule has 0 aliphatic carbocycles. The van der Waals surface area contributed by atoms with E-state index in [-0.39, 0.29) is 30.7 Å². The van der Waals surface area contributed by atoms with Crippen LogP contribution in [-0.2, 0) is 4.79 Å². The van der Waals surface area contributed by atoms with Crippen molar-refractivity contribution in [1.29, 1.82) is 0 Å². The van der Waals surface area contributed by atoms with Crippen molar-refractivity contribution in [2.75, 3.05) is 6.79 Å². The van der Waals surface area contributed by atoms with Gasteiger partial charge in [0, 0.05) is 17.9 Å². The minimum Gasteiger partial charge on any atom is -0.454 e. The van der Waals surface area contributed by atoms with Crippen molar-refractivity contribution in [3.05, 3.63) is 23.8 Å². The number of benzene rings is 1. The predicted octanol–water partition coefficient (Wildman–Crippen LogP) is 2.21. The van der Waals surface area contributed by atoms with E-state index < -0.39 is 0 Å². The van der Waals surface area contributed by atoms with Crippen LogP contribution in [0.1, 0.15) is 30.6 Å². The summed E-state index contributed by atoms with van der Waals surface area (Å²) in [4.78, 5) is 23.0. The van der Waals surface area contributed by atoms with Gasteiger partial charge in [-0.05, 0) is 25.1 Å². The highest BCUT2D eigenvalue weighted by molar-refractivity contribution is 6.00. The zero-order chi connectivity index (χ0) is 12.4. The maximum Gasteiger partial charge on any atom is 0.231 e. The quantitative estimate of drug-likeness (QED) is 0.749. The topological polar surface area (TPSA) is 52.6 Å². The lowest BCUT2D eigenvalue weighted by atomic mass is 9.95. The highest BCUT2D eigenvalue weighted by Gasteiger charge is 2.20. The second-order valence-corrected chi connectivity index (χ2v) is 4.24. The monoisotopic (exact) mass is 234 g/mol. The highest BCUT2D eigenvalue weighted by atomic mass is 16.7. The van der Waals surface area contributed by atoms with Gasteiger partial charge in [-0.1, -0.05) is 6.92 Å². The Morgan fingerprint density at radius 3 is 2.71 bits per heavy atom. The molecule has 0 saturated heterocycles. The molecule has 4 nitrogen and oxygen atoms in total. The molecule has 1 atom stereocenters. The number of carbonyl (C=O) groups is 2. The summed E-state index contributed by atoms with van der Waals surface area (Å²) in [6, 6.07) is 5.09. The third-order valence-electron chi connectivity index (χ3n) is 2.70. The van der Waals surface area contributed by atoms with Gasteiger partial charge in [0.15, 0.2) is 17.3 Å². The molecule has 1 aliphatic rings. The van der Waals surface area contributed by atoms with Crippen LogP contribution < -0.4 is 9.47 Å². The van der Waals surface area contributed by atoms with Gasteiger partial charge in [0.2, 0.25) is 6.79 Å². The van der Waals surface area contributed by atoms with Crippen LogP contribution in [0.15, 0.2) is 18.2 Å². The Morgan fingerprint density at radius 1 is 1.29 bits per heavy atom. The Hall–Kier alpha value is -1.84. The Balaban J connectivity index is 2.17. The number of fused-ring (bicyclic) bond motifs is 1. The summed E-state index contributed by atoms with van der Waals surface area (Å²) in [7, 11) is 0. The van der Waals surface area contributed by atoms with Gasteiger partial charge in [0.25, 0.3) is 0 Å². The van der Waals surface area contributed by atoms with Crippen LogP contribution in [0.5, 0.6) is 11.5 Å². The van der Waals surface area contributed by atoms with Gasteiger partial charge in [-0.25, -0.2) is 0 Å². The van der Waals surface area contributed by atoms with E-state index in [4.69, 9.17) is 9.47 Å². The number of carbonyl (C=O) groups excluding carboxylic acids is 2. The fourth-order valence-electron chi connectivity index (χ4n) is 1.86. The first-order valence-corrected chi connectivity index (χ1v) is 5.51. The minimum atomic E-state index is -0.298. The molecular formula is C13H14O4. The molecule has 2 rings (SSSR count). The largest absolute Gasteiger partial charge is 0.454 e. The lowest BCUT2D eigenvalue weighted by Crippen LogP contribution is -2.14. The molecule has 0 radical (unpaired) electrons. The summed E-state index contributed by atoms with van der Waals surface area (Å²) >= 11 is 0. The lowest BCUT2D eigenvalue weighted by Gasteiger charge is -2.08. The van der Waals surface area contributed by atoms with Gasteiger partial charge >= 0.3 is 0 Å². The smallest absolute Gasteiger partial charge is 0.231 e. The molecule has 4 heteroatoms. The maximum atomic E-state index is 12.0. The molecule has 1 aliphatic heterocycles. The van der Waals surface area contributed by atoms with Crippen LogP contribution in [0.3, 0.4) is 0 Å². The third-order valence-corrected chi connectivity index (χ3v) is 2.70. The molecule has 1 heterocycles. The van der Waals surface area contributed by atoms with Crippen molar-refractivity contribution < 1.29 is 19.1 Å². The van der Waals surface area contributed by atoms with Gasteiger partial charge in [-0.3, -0.25) is 4.79 Å². The van der Waals surface area contributed by atoms with E-state index in [2.05, 4.69) is 0 Å². The number of ketones is 2. The van der Waals surface area contributed by atoms with E-state index in [9.17, 15) is 9.59 Å². The second kappa shape index (κ2) is 4.57. The van der Waals surface area contributed by atoms with Crippen molar-refractivity contribution >= 4 is 11.6 Å². The zero-order valence-electron chi connectivity index (χ0n) is 9.86. The lowest BCUT2D eigenvalue weighted by molar-refractivity contribution is -0.117. The molecule has 0 N–H and O–H groups in total. The van der Waals surface area contributed by atoms with Crippen LogP contribution in [0.2, 0.25) is 0 Å². The molecule has 0 fully saturated rings. The van der Waals surface area contributed by atoms with Crippen molar-refractivity contribution in [1.82, 2.24) is 0 Å². The van der Waals surface area contributed by atoms with E-state index in [0.717, 1.165) is 0 Å². The fourth-order valence-corrected chi connectivity index (χ4v) is 1.86. The Morgan fingerprint density at radius 2 is 2.00 bits per heavy atom. The molecule has 0 aromatic heterocycles. The number of Topliss-reactive ketones (excluding diaryl/α,β-unsaturated/α-hetero) is 2. The number of ether oxygens (including phenoxy) is 2. The Bertz CT molecular complexity index is 464. The Kier molecular flexibility index (Phi) is 3.13. The van der Waals surface area contributed by atoms with Crippen molar-refractivity contribution in [2.24, 2.45) is 5.92 Å². The molecule has 0 amide bonds. The number of hydrogen-bond acceptors (Lipinski definition) is 4. The normalized spacial score (nSPS) is 14.5. The SMILES string of the molecule is CC(=O)CC(C)C(=O)c1ccc2c(c1)OCO2. The van der Waals surface area contributed by atoms with Crippen LogP contribution in [0.25, 0.3) is 0 Å². The molecule has 0 bridgehead atoms. The van der Waals surface area contributed by atoms with Crippen LogP contribution in [0, 0.1) is 5.92 Å². The maximum absolute atomic E-state index is 12.0. The predicted molar refractivity (Wildman–Crippen MR) is 61.4 cm³/mol. The van der Waals surface area contributed by atoms with Crippen LogP contribution >= 0.6 is 0 Å². The fraction of sp³-hybridized carbons (Fsp3) is 0.385. The average molecular weight is 234 g/mol. The number of hydrogen-bond donors (Lipinski definition) is 0. The summed E-state index contributed by atoms with van der Waals surface area (Å²) in [6.07, 6.45) is 0.271. The summed E-state index contributed by atoms with van der Waals surface area (Å²) < 4.78 is 10.4. The van der Waals surface area contributed by atoms with Gasteiger partial charge < -0.3 is 14.3 Å². The van der Waals surface area contributed by atoms with Crippen molar-refractivity contribution in [3.8, 4) is 11.5 Å². The molecule has 1 unspecified atom stereocenters. The molecule has 1 aromatic rings. The molecule has 17 heavy (non-hydrogen) atoms. The standard InChI is InChI=1S/C13H14O4/c1-8(5-9(2)14)13(15)10-3-4-11-12(6-10)17-7-16-11/h3-4,6,8H,5,7H2,1-2H3. The van der Waals surface area contributed by atoms with Gasteiger partial charge in [0.1, 0.15) is 5.78 Å². The molecular weight excluding hydrogens is 220 g/mol. The first-order chi connectivity index (χ1) is 8.08. The van der Waals surface area contributed by atoms with E-state index in [0.29, 0.717) is 17.1 Å². The van der Waals surface area contributed by atoms with E-state index in [1.807, 2.05) is 0 Å². The number of rotatable bonds is 4. The van der Waals surface area contributed by atoms with Crippen molar-refractivity contribution in [2.45, 2.75) is 20.3 Å². The van der Waals surface area contributed by atoms with Gasteiger partial charge in [-0.15, -0.1) is 0 Å². The first kappa shape index (κ1) is 11.6. The summed E-state index contributed by atoms with van der Waals surface area (Å²) in [5.41, 5.74) is 0.558. The van der Waals surface area contributed by atoms with Gasteiger partial charge in [0.05, 0.1) is 0 Å². The van der Waals surface area contributed by atoms with E-state index in [1.165, 1.54) is 6.92 Å². The summed E-state index contributed by atoms with van der Waals surface area (Å²) in [6.45, 7) is 3.44. The Labute approximate surface area is 99.5 Å². The van der Waals surface area contributed by atoms with Gasteiger partial charge in [-0.2, -0.15) is 0 Å². The highest BCUT2D eigenvalue weighted by Crippen LogP contribution is 2.33. The summed E-state index contributed by atoms with van der Waals surface area (Å²) in [5, 5.41) is 0.